The number of hydrogen-bond acceptors (Lipinski definition) is 2. The van der Waals surface area contributed by atoms with E-state index in [1.54, 1.807) is 7.05 Å². The first-order valence-electron chi connectivity index (χ1n) is 5.11. The third-order valence-corrected chi connectivity index (χ3v) is 2.28. The molecular formula is C12H21NO2. The zero-order chi connectivity index (χ0) is 12.2. The molecule has 2 unspecified atom stereocenters. The fraction of sp³-hybridized carbons (Fsp3) is 0.750. The van der Waals surface area contributed by atoms with E-state index in [2.05, 4.69) is 5.92 Å². The molecule has 0 aromatic carbocycles. The quantitative estimate of drug-likeness (QED) is 0.657. The summed E-state index contributed by atoms with van der Waals surface area (Å²) in [6.45, 7) is 9.34. The second-order valence-electron chi connectivity index (χ2n) is 4.79. The molecular weight excluding hydrogens is 190 g/mol. The predicted molar refractivity (Wildman–Crippen MR) is 61.5 cm³/mol. The van der Waals surface area contributed by atoms with Crippen LogP contribution in [-0.4, -0.2) is 29.7 Å². The third kappa shape index (κ3) is 4.73. The molecule has 3 nitrogen and oxygen atoms in total. The van der Waals surface area contributed by atoms with E-state index in [1.807, 2.05) is 34.6 Å². The van der Waals surface area contributed by atoms with Gasteiger partial charge in [0.2, 0.25) is 0 Å². The highest BCUT2D eigenvalue weighted by molar-refractivity contribution is 5.68. The van der Waals surface area contributed by atoms with Gasteiger partial charge >= 0.3 is 6.09 Å². The SMILES string of the molecule is C#CC(C)C(C)N(C)C(=O)OC(C)(C)C. The summed E-state index contributed by atoms with van der Waals surface area (Å²) in [7, 11) is 1.70. The first kappa shape index (κ1) is 13.8. The molecule has 0 saturated carbocycles. The van der Waals surface area contributed by atoms with Crippen LogP contribution in [0.2, 0.25) is 0 Å². The van der Waals surface area contributed by atoms with Gasteiger partial charge in [-0.05, 0) is 34.6 Å². The number of carbonyl (C=O) groups excluding carboxylic acids is 1. The minimum absolute atomic E-state index is 0.0162. The first-order chi connectivity index (χ1) is 6.69. The Kier molecular flexibility index (Phi) is 4.67. The maximum absolute atomic E-state index is 11.7. The normalized spacial score (nSPS) is 15.0. The highest BCUT2D eigenvalue weighted by Gasteiger charge is 2.24. The minimum atomic E-state index is -0.468. The van der Waals surface area contributed by atoms with E-state index in [1.165, 1.54) is 4.90 Å². The van der Waals surface area contributed by atoms with Gasteiger partial charge in [0, 0.05) is 19.0 Å². The minimum Gasteiger partial charge on any atom is -0.444 e. The number of hydrogen-bond donors (Lipinski definition) is 0. The van der Waals surface area contributed by atoms with Gasteiger partial charge in [-0.3, -0.25) is 0 Å². The molecule has 0 N–H and O–H groups in total. The Morgan fingerprint density at radius 2 is 1.87 bits per heavy atom. The summed E-state index contributed by atoms with van der Waals surface area (Å²) in [6, 6.07) is -0.0233. The molecule has 0 spiro atoms. The summed E-state index contributed by atoms with van der Waals surface area (Å²) in [4.78, 5) is 13.2. The number of nitrogens with zero attached hydrogens (tertiary/aromatic N) is 1. The summed E-state index contributed by atoms with van der Waals surface area (Å²) < 4.78 is 5.23. The molecule has 0 fully saturated rings. The van der Waals surface area contributed by atoms with Crippen LogP contribution in [0.4, 0.5) is 4.79 Å². The molecule has 86 valence electrons. The zero-order valence-electron chi connectivity index (χ0n) is 10.5. The van der Waals surface area contributed by atoms with E-state index in [-0.39, 0.29) is 18.1 Å². The van der Waals surface area contributed by atoms with Gasteiger partial charge in [-0.2, -0.15) is 0 Å². The van der Waals surface area contributed by atoms with Gasteiger partial charge in [0.1, 0.15) is 5.60 Å². The molecule has 0 bridgehead atoms. The van der Waals surface area contributed by atoms with Crippen molar-refractivity contribution in [2.75, 3.05) is 7.05 Å². The molecule has 15 heavy (non-hydrogen) atoms. The van der Waals surface area contributed by atoms with Crippen molar-refractivity contribution in [3.05, 3.63) is 0 Å². The van der Waals surface area contributed by atoms with E-state index in [0.29, 0.717) is 0 Å². The second kappa shape index (κ2) is 5.06. The summed E-state index contributed by atoms with van der Waals surface area (Å²) in [6.07, 6.45) is 4.97. The lowest BCUT2D eigenvalue weighted by Crippen LogP contribution is -2.41. The molecule has 0 radical (unpaired) electrons. The lowest BCUT2D eigenvalue weighted by atomic mass is 10.0. The average Bonchev–Trinajstić information content (AvgIpc) is 2.11. The molecule has 0 aliphatic carbocycles. The molecule has 0 heterocycles. The maximum atomic E-state index is 11.7. The van der Waals surface area contributed by atoms with Crippen molar-refractivity contribution >= 4 is 6.09 Å². The van der Waals surface area contributed by atoms with Crippen LogP contribution in [-0.2, 0) is 4.74 Å². The van der Waals surface area contributed by atoms with Gasteiger partial charge in [0.05, 0.1) is 0 Å². The molecule has 3 heteroatoms. The summed E-state index contributed by atoms with van der Waals surface area (Å²) in [5, 5.41) is 0. The van der Waals surface area contributed by atoms with Crippen LogP contribution < -0.4 is 0 Å². The van der Waals surface area contributed by atoms with Crippen LogP contribution in [0, 0.1) is 18.3 Å². The number of amides is 1. The van der Waals surface area contributed by atoms with E-state index in [0.717, 1.165) is 0 Å². The first-order valence-corrected chi connectivity index (χ1v) is 5.11. The van der Waals surface area contributed by atoms with Gasteiger partial charge in [-0.1, -0.05) is 0 Å². The molecule has 0 aliphatic rings. The summed E-state index contributed by atoms with van der Waals surface area (Å²) in [5.74, 6) is 2.63. The van der Waals surface area contributed by atoms with Crippen LogP contribution in [0.3, 0.4) is 0 Å². The molecule has 0 saturated heterocycles. The topological polar surface area (TPSA) is 29.5 Å². The monoisotopic (exact) mass is 211 g/mol. The number of rotatable bonds is 2. The van der Waals surface area contributed by atoms with Crippen LogP contribution in [0.25, 0.3) is 0 Å². The fourth-order valence-electron chi connectivity index (χ4n) is 0.975. The van der Waals surface area contributed by atoms with Crippen LogP contribution in [0.1, 0.15) is 34.6 Å². The Hall–Kier alpha value is -1.17. The Labute approximate surface area is 92.8 Å². The Morgan fingerprint density at radius 3 is 2.20 bits per heavy atom. The standard InChI is InChI=1S/C12H21NO2/c1-8-9(2)10(3)13(7)11(14)15-12(4,5)6/h1,9-10H,2-7H3. The van der Waals surface area contributed by atoms with Crippen molar-refractivity contribution in [3.63, 3.8) is 0 Å². The molecule has 0 aromatic rings. The van der Waals surface area contributed by atoms with Crippen molar-refractivity contribution in [3.8, 4) is 12.3 Å². The molecule has 0 aromatic heterocycles. The Bertz CT molecular complexity index is 260. The number of carbonyl (C=O) groups is 1. The van der Waals surface area contributed by atoms with E-state index >= 15 is 0 Å². The predicted octanol–water partition coefficient (Wildman–Crippen LogP) is 2.51. The van der Waals surface area contributed by atoms with Gasteiger partial charge in [-0.25, -0.2) is 4.79 Å². The van der Waals surface area contributed by atoms with Crippen molar-refractivity contribution in [2.45, 2.75) is 46.3 Å². The summed E-state index contributed by atoms with van der Waals surface area (Å²) >= 11 is 0. The summed E-state index contributed by atoms with van der Waals surface area (Å²) in [5.41, 5.74) is -0.468. The average molecular weight is 211 g/mol. The van der Waals surface area contributed by atoms with Crippen molar-refractivity contribution in [1.82, 2.24) is 4.90 Å². The zero-order valence-corrected chi connectivity index (χ0v) is 10.5. The molecule has 0 rings (SSSR count). The van der Waals surface area contributed by atoms with Gasteiger partial charge in [0.15, 0.2) is 0 Å². The molecule has 2 atom stereocenters. The van der Waals surface area contributed by atoms with E-state index < -0.39 is 5.60 Å². The van der Waals surface area contributed by atoms with Crippen molar-refractivity contribution < 1.29 is 9.53 Å². The highest BCUT2D eigenvalue weighted by atomic mass is 16.6. The smallest absolute Gasteiger partial charge is 0.410 e. The second-order valence-corrected chi connectivity index (χ2v) is 4.79. The highest BCUT2D eigenvalue weighted by Crippen LogP contribution is 2.14. The van der Waals surface area contributed by atoms with Gasteiger partial charge in [-0.15, -0.1) is 12.3 Å². The van der Waals surface area contributed by atoms with Crippen molar-refractivity contribution in [2.24, 2.45) is 5.92 Å². The van der Waals surface area contributed by atoms with Crippen molar-refractivity contribution in [1.29, 1.82) is 0 Å². The molecule has 0 aliphatic heterocycles. The maximum Gasteiger partial charge on any atom is 0.410 e. The fourth-order valence-corrected chi connectivity index (χ4v) is 0.975. The lowest BCUT2D eigenvalue weighted by Gasteiger charge is -2.30. The number of terminal acetylenes is 1. The van der Waals surface area contributed by atoms with E-state index in [4.69, 9.17) is 11.2 Å². The molecule has 1 amide bonds. The third-order valence-electron chi connectivity index (χ3n) is 2.28. The number of ether oxygens (including phenoxy) is 1. The Balaban J connectivity index is 4.40. The Morgan fingerprint density at radius 1 is 1.40 bits per heavy atom. The van der Waals surface area contributed by atoms with Gasteiger partial charge < -0.3 is 9.64 Å². The lowest BCUT2D eigenvalue weighted by molar-refractivity contribution is 0.0211. The van der Waals surface area contributed by atoms with E-state index in [9.17, 15) is 4.79 Å². The van der Waals surface area contributed by atoms with Gasteiger partial charge in [0.25, 0.3) is 0 Å². The largest absolute Gasteiger partial charge is 0.444 e. The van der Waals surface area contributed by atoms with Crippen LogP contribution in [0.15, 0.2) is 0 Å². The van der Waals surface area contributed by atoms with Crippen LogP contribution in [0.5, 0.6) is 0 Å². The van der Waals surface area contributed by atoms with Crippen LogP contribution >= 0.6 is 0 Å².